The molecule has 0 atom stereocenters. The number of aromatic nitrogens is 6. The first kappa shape index (κ1) is 59.4. The molecule has 80 heavy (non-hydrogen) atoms. The number of fused-ring (bicyclic) bond motifs is 6. The standard InChI is InChI=1S/2C13H15N.4C12H13N/c1-13(2,3)11-6-7-12-10(9-11)5-4-8-14-12;1-13(2,3)11-8-10-6-4-5-7-12(10)14-9-11;1-9(2)10-5-3-7-12-11(10)6-4-8-13-12;1-9(2)11-7-3-5-10-6-4-8-13-12(10)11;1-9(2)12-8-13-7-10-5-3-4-6-11(10)12;1-9(2)10-7-8-13-12-6-4-3-5-11(10)12/h2*4-9H,1-3H3;4*3-9H,1-2H3. The molecule has 408 valence electrons. The van der Waals surface area contributed by atoms with Gasteiger partial charge in [0.25, 0.3) is 0 Å². The first-order valence-electron chi connectivity index (χ1n) is 28.3. The molecule has 6 nitrogen and oxygen atoms in total. The number of nitrogens with zero attached hydrogens (tertiary/aromatic N) is 6. The van der Waals surface area contributed by atoms with Gasteiger partial charge >= 0.3 is 0 Å². The number of para-hydroxylation sites is 3. The van der Waals surface area contributed by atoms with Crippen molar-refractivity contribution in [3.8, 4) is 0 Å². The van der Waals surface area contributed by atoms with Crippen LogP contribution < -0.4 is 0 Å². The summed E-state index contributed by atoms with van der Waals surface area (Å²) in [5.41, 5.74) is 13.9. The predicted octanol–water partition coefficient (Wildman–Crippen LogP) is 20.5. The van der Waals surface area contributed by atoms with Crippen molar-refractivity contribution in [3.05, 3.63) is 253 Å². The van der Waals surface area contributed by atoms with Gasteiger partial charge in [-0.25, -0.2) is 0 Å². The molecule has 0 fully saturated rings. The van der Waals surface area contributed by atoms with Gasteiger partial charge in [0.1, 0.15) is 0 Å². The third-order valence-corrected chi connectivity index (χ3v) is 14.1. The summed E-state index contributed by atoms with van der Waals surface area (Å²) in [7, 11) is 0. The molecule has 12 rings (SSSR count). The van der Waals surface area contributed by atoms with E-state index in [0.717, 1.165) is 27.6 Å². The second kappa shape index (κ2) is 27.6. The minimum Gasteiger partial charge on any atom is -0.264 e. The van der Waals surface area contributed by atoms with Gasteiger partial charge in [-0.2, -0.15) is 0 Å². The summed E-state index contributed by atoms with van der Waals surface area (Å²) in [6.45, 7) is 30.9. The Labute approximate surface area is 476 Å². The molecule has 0 saturated carbocycles. The lowest BCUT2D eigenvalue weighted by Gasteiger charge is -2.19. The van der Waals surface area contributed by atoms with Crippen LogP contribution in [-0.4, -0.2) is 29.9 Å². The van der Waals surface area contributed by atoms with Crippen LogP contribution in [0.2, 0.25) is 0 Å². The van der Waals surface area contributed by atoms with Crippen LogP contribution in [0.5, 0.6) is 0 Å². The highest BCUT2D eigenvalue weighted by Crippen LogP contribution is 2.29. The van der Waals surface area contributed by atoms with E-state index in [1.54, 1.807) is 0 Å². The van der Waals surface area contributed by atoms with Crippen LogP contribution >= 0.6 is 0 Å². The molecule has 6 aromatic carbocycles. The second-order valence-electron chi connectivity index (χ2n) is 23.7. The van der Waals surface area contributed by atoms with Gasteiger partial charge in [-0.1, -0.05) is 212 Å². The summed E-state index contributed by atoms with van der Waals surface area (Å²) in [6.07, 6.45) is 13.3. The maximum absolute atomic E-state index is 4.45. The van der Waals surface area contributed by atoms with E-state index in [2.05, 4.69) is 260 Å². The smallest absolute Gasteiger partial charge is 0.0736 e. The highest BCUT2D eigenvalue weighted by Gasteiger charge is 2.15. The Bertz CT molecular complexity index is 3460. The Hall–Kier alpha value is -8.22. The fraction of sp³-hybridized carbons (Fsp3) is 0.270. The van der Waals surface area contributed by atoms with Crippen molar-refractivity contribution in [1.29, 1.82) is 0 Å². The molecule has 12 aromatic rings. The number of hydrogen-bond donors (Lipinski definition) is 0. The van der Waals surface area contributed by atoms with Crippen molar-refractivity contribution in [3.63, 3.8) is 0 Å². The maximum atomic E-state index is 4.45. The summed E-state index contributed by atoms with van der Waals surface area (Å²) in [5.74, 6) is 2.21. The maximum Gasteiger partial charge on any atom is 0.0736 e. The number of hydrogen-bond acceptors (Lipinski definition) is 6. The van der Waals surface area contributed by atoms with Gasteiger partial charge in [0.05, 0.1) is 27.6 Å². The molecule has 0 N–H and O–H groups in total. The van der Waals surface area contributed by atoms with Crippen molar-refractivity contribution in [2.75, 3.05) is 0 Å². The predicted molar refractivity (Wildman–Crippen MR) is 344 cm³/mol. The lowest BCUT2D eigenvalue weighted by atomic mass is 9.86. The van der Waals surface area contributed by atoms with Gasteiger partial charge in [-0.3, -0.25) is 29.9 Å². The van der Waals surface area contributed by atoms with Crippen molar-refractivity contribution in [2.45, 2.75) is 131 Å². The first-order valence-corrected chi connectivity index (χ1v) is 28.3. The zero-order valence-corrected chi connectivity index (χ0v) is 49.8. The van der Waals surface area contributed by atoms with Gasteiger partial charge in [0, 0.05) is 75.7 Å². The molecule has 0 aliphatic carbocycles. The number of benzene rings is 6. The topological polar surface area (TPSA) is 77.3 Å². The van der Waals surface area contributed by atoms with Crippen LogP contribution in [0.25, 0.3) is 65.3 Å². The first-order chi connectivity index (χ1) is 38.3. The summed E-state index contributed by atoms with van der Waals surface area (Å²) in [6, 6.07) is 60.7. The molecule has 0 spiro atoms. The molecular formula is C74H82N6. The van der Waals surface area contributed by atoms with Gasteiger partial charge < -0.3 is 0 Å². The van der Waals surface area contributed by atoms with Crippen LogP contribution in [0.1, 0.15) is 154 Å². The van der Waals surface area contributed by atoms with Gasteiger partial charge in [-0.05, 0) is 134 Å². The van der Waals surface area contributed by atoms with E-state index in [1.165, 1.54) is 71.1 Å². The zero-order chi connectivity index (χ0) is 57.4. The molecular weight excluding hydrogens is 973 g/mol. The van der Waals surface area contributed by atoms with E-state index in [1.807, 2.05) is 85.8 Å². The Balaban J connectivity index is 0.000000139. The monoisotopic (exact) mass is 1050 g/mol. The second-order valence-corrected chi connectivity index (χ2v) is 23.7. The SMILES string of the molecule is CC(C)(C)c1ccc2ncccc2c1.CC(C)(C)c1cnc2ccccc2c1.CC(C)c1cccc2cccnc12.CC(C)c1cccc2ncccc12.CC(C)c1ccnc2ccccc12.CC(C)c1cncc2ccccc12. The lowest BCUT2D eigenvalue weighted by Crippen LogP contribution is -2.11. The highest BCUT2D eigenvalue weighted by molar-refractivity contribution is 5.86. The molecule has 0 radical (unpaired) electrons. The molecule has 6 heteroatoms. The Morgan fingerprint density at radius 2 is 0.725 bits per heavy atom. The Morgan fingerprint density at radius 3 is 1.38 bits per heavy atom. The van der Waals surface area contributed by atoms with Crippen LogP contribution in [0.3, 0.4) is 0 Å². The normalized spacial score (nSPS) is 11.3. The zero-order valence-electron chi connectivity index (χ0n) is 49.8. The van der Waals surface area contributed by atoms with Crippen molar-refractivity contribution >= 4 is 65.3 Å². The highest BCUT2D eigenvalue weighted by atomic mass is 14.7. The van der Waals surface area contributed by atoms with Crippen molar-refractivity contribution in [1.82, 2.24) is 29.9 Å². The Morgan fingerprint density at radius 1 is 0.287 bits per heavy atom. The third-order valence-electron chi connectivity index (χ3n) is 14.1. The fourth-order valence-electron chi connectivity index (χ4n) is 9.47. The minimum atomic E-state index is 0.178. The van der Waals surface area contributed by atoms with E-state index >= 15 is 0 Å². The van der Waals surface area contributed by atoms with Crippen molar-refractivity contribution in [2.24, 2.45) is 0 Å². The summed E-state index contributed by atoms with van der Waals surface area (Å²) in [5, 5.41) is 8.79. The van der Waals surface area contributed by atoms with Crippen LogP contribution in [0, 0.1) is 0 Å². The molecule has 0 saturated heterocycles. The third kappa shape index (κ3) is 16.0. The van der Waals surface area contributed by atoms with E-state index in [4.69, 9.17) is 0 Å². The van der Waals surface area contributed by atoms with Gasteiger partial charge in [0.15, 0.2) is 0 Å². The van der Waals surface area contributed by atoms with E-state index in [-0.39, 0.29) is 10.8 Å². The summed E-state index contributed by atoms with van der Waals surface area (Å²) < 4.78 is 0. The molecule has 6 heterocycles. The Kier molecular flexibility index (Phi) is 20.5. The van der Waals surface area contributed by atoms with Crippen LogP contribution in [0.4, 0.5) is 0 Å². The minimum absolute atomic E-state index is 0.178. The van der Waals surface area contributed by atoms with E-state index in [0.29, 0.717) is 23.7 Å². The number of rotatable bonds is 4. The summed E-state index contributed by atoms with van der Waals surface area (Å²) in [4.78, 5) is 26.0. The van der Waals surface area contributed by atoms with Crippen molar-refractivity contribution < 1.29 is 0 Å². The molecule has 0 aliphatic heterocycles. The quantitative estimate of drug-likeness (QED) is 0.175. The fourth-order valence-corrected chi connectivity index (χ4v) is 9.47. The molecule has 0 unspecified atom stereocenters. The van der Waals surface area contributed by atoms with Crippen LogP contribution in [-0.2, 0) is 10.8 Å². The average Bonchev–Trinajstić information content (AvgIpc) is 3.48. The average molecular weight is 1060 g/mol. The summed E-state index contributed by atoms with van der Waals surface area (Å²) >= 11 is 0. The molecule has 0 bridgehead atoms. The molecule has 0 aliphatic rings. The molecule has 6 aromatic heterocycles. The van der Waals surface area contributed by atoms with Crippen LogP contribution in [0.15, 0.2) is 219 Å². The van der Waals surface area contributed by atoms with Gasteiger partial charge in [0.2, 0.25) is 0 Å². The number of pyridine rings is 6. The van der Waals surface area contributed by atoms with E-state index in [9.17, 15) is 0 Å². The largest absolute Gasteiger partial charge is 0.264 e. The lowest BCUT2D eigenvalue weighted by molar-refractivity contribution is 0.588. The molecule has 0 amide bonds. The van der Waals surface area contributed by atoms with E-state index < -0.39 is 0 Å². The van der Waals surface area contributed by atoms with Gasteiger partial charge in [-0.15, -0.1) is 0 Å².